The van der Waals surface area contributed by atoms with Gasteiger partial charge in [-0.25, -0.2) is 4.39 Å². The molecule has 4 nitrogen and oxygen atoms in total. The average molecular weight is 282 g/mol. The standard InChI is InChI=1S/C15H23FN2O2/c1-3-17-11(2)12-4-5-15(14(16)8-12)18-6-7-20-10-13(18)9-19/h4-5,8,11,13,17,19H,3,6-7,9-10H2,1-2H3. The molecule has 2 rings (SSSR count). The number of anilines is 1. The Morgan fingerprint density at radius 2 is 2.35 bits per heavy atom. The molecule has 5 heteroatoms. The van der Waals surface area contributed by atoms with Crippen molar-refractivity contribution in [3.8, 4) is 0 Å². The SMILES string of the molecule is CCNC(C)c1ccc(N2CCOCC2CO)c(F)c1. The highest BCUT2D eigenvalue weighted by Gasteiger charge is 2.25. The first-order valence-electron chi connectivity index (χ1n) is 7.15. The van der Waals surface area contributed by atoms with Crippen molar-refractivity contribution < 1.29 is 14.2 Å². The number of hydrogen-bond acceptors (Lipinski definition) is 4. The summed E-state index contributed by atoms with van der Waals surface area (Å²) in [6.45, 7) is 6.46. The van der Waals surface area contributed by atoms with Crippen LogP contribution >= 0.6 is 0 Å². The summed E-state index contributed by atoms with van der Waals surface area (Å²) in [5.41, 5.74) is 1.47. The molecule has 1 saturated heterocycles. The van der Waals surface area contributed by atoms with Crippen molar-refractivity contribution in [1.29, 1.82) is 0 Å². The lowest BCUT2D eigenvalue weighted by Gasteiger charge is -2.36. The van der Waals surface area contributed by atoms with E-state index in [-0.39, 0.29) is 24.5 Å². The minimum atomic E-state index is -0.243. The molecule has 1 aliphatic heterocycles. The van der Waals surface area contributed by atoms with Crippen LogP contribution in [0.4, 0.5) is 10.1 Å². The third kappa shape index (κ3) is 3.29. The Morgan fingerprint density at radius 1 is 1.55 bits per heavy atom. The van der Waals surface area contributed by atoms with E-state index in [0.717, 1.165) is 12.1 Å². The molecule has 112 valence electrons. The van der Waals surface area contributed by atoms with Crippen LogP contribution < -0.4 is 10.2 Å². The quantitative estimate of drug-likeness (QED) is 0.863. The second kappa shape index (κ2) is 7.02. The molecule has 20 heavy (non-hydrogen) atoms. The van der Waals surface area contributed by atoms with Crippen LogP contribution in [0.15, 0.2) is 18.2 Å². The van der Waals surface area contributed by atoms with Gasteiger partial charge in [0.25, 0.3) is 0 Å². The third-order valence-electron chi connectivity index (χ3n) is 3.73. The topological polar surface area (TPSA) is 44.7 Å². The summed E-state index contributed by atoms with van der Waals surface area (Å²) in [7, 11) is 0. The van der Waals surface area contributed by atoms with Gasteiger partial charge in [0, 0.05) is 12.6 Å². The van der Waals surface area contributed by atoms with E-state index in [2.05, 4.69) is 5.32 Å². The number of aliphatic hydroxyl groups is 1. The van der Waals surface area contributed by atoms with Gasteiger partial charge in [-0.3, -0.25) is 0 Å². The van der Waals surface area contributed by atoms with Gasteiger partial charge in [-0.2, -0.15) is 0 Å². The van der Waals surface area contributed by atoms with E-state index in [0.29, 0.717) is 25.4 Å². The Bertz CT molecular complexity index is 442. The molecule has 0 spiro atoms. The van der Waals surface area contributed by atoms with Gasteiger partial charge in [-0.05, 0) is 31.2 Å². The molecular weight excluding hydrogens is 259 g/mol. The summed E-state index contributed by atoms with van der Waals surface area (Å²) in [6, 6.07) is 5.27. The molecule has 1 heterocycles. The van der Waals surface area contributed by atoms with E-state index < -0.39 is 0 Å². The first kappa shape index (κ1) is 15.2. The fourth-order valence-corrected chi connectivity index (χ4v) is 2.57. The van der Waals surface area contributed by atoms with Gasteiger partial charge in [-0.1, -0.05) is 13.0 Å². The minimum Gasteiger partial charge on any atom is -0.394 e. The van der Waals surface area contributed by atoms with Crippen molar-refractivity contribution in [2.75, 3.05) is 37.8 Å². The monoisotopic (exact) mass is 282 g/mol. The molecule has 0 aliphatic carbocycles. The van der Waals surface area contributed by atoms with Crippen molar-refractivity contribution in [2.24, 2.45) is 0 Å². The second-order valence-corrected chi connectivity index (χ2v) is 5.09. The number of benzene rings is 1. The zero-order valence-corrected chi connectivity index (χ0v) is 12.1. The summed E-state index contributed by atoms with van der Waals surface area (Å²) >= 11 is 0. The van der Waals surface area contributed by atoms with Crippen molar-refractivity contribution in [3.63, 3.8) is 0 Å². The fraction of sp³-hybridized carbons (Fsp3) is 0.600. The van der Waals surface area contributed by atoms with Gasteiger partial charge in [0.15, 0.2) is 0 Å². The van der Waals surface area contributed by atoms with E-state index in [4.69, 9.17) is 4.74 Å². The molecule has 0 amide bonds. The number of rotatable bonds is 5. The van der Waals surface area contributed by atoms with Gasteiger partial charge < -0.3 is 20.1 Å². The molecule has 2 unspecified atom stereocenters. The maximum atomic E-state index is 14.4. The van der Waals surface area contributed by atoms with Crippen molar-refractivity contribution >= 4 is 5.69 Å². The maximum Gasteiger partial charge on any atom is 0.146 e. The number of nitrogens with zero attached hydrogens (tertiary/aromatic N) is 1. The number of halogens is 1. The van der Waals surface area contributed by atoms with Crippen molar-refractivity contribution in [1.82, 2.24) is 5.32 Å². The lowest BCUT2D eigenvalue weighted by molar-refractivity contribution is 0.0723. The molecule has 1 aromatic rings. The highest BCUT2D eigenvalue weighted by atomic mass is 19.1. The Kier molecular flexibility index (Phi) is 5.34. The summed E-state index contributed by atoms with van der Waals surface area (Å²) in [4.78, 5) is 1.89. The molecule has 1 aliphatic rings. The van der Waals surface area contributed by atoms with Crippen LogP contribution in [0.2, 0.25) is 0 Å². The fourth-order valence-electron chi connectivity index (χ4n) is 2.57. The molecule has 2 N–H and O–H groups in total. The number of aliphatic hydroxyl groups excluding tert-OH is 1. The van der Waals surface area contributed by atoms with Crippen molar-refractivity contribution in [3.05, 3.63) is 29.6 Å². The number of ether oxygens (including phenoxy) is 1. The van der Waals surface area contributed by atoms with Gasteiger partial charge >= 0.3 is 0 Å². The zero-order valence-electron chi connectivity index (χ0n) is 12.1. The normalized spacial score (nSPS) is 21.0. The highest BCUT2D eigenvalue weighted by Crippen LogP contribution is 2.26. The van der Waals surface area contributed by atoms with E-state index >= 15 is 0 Å². The van der Waals surface area contributed by atoms with E-state index in [1.165, 1.54) is 0 Å². The maximum absolute atomic E-state index is 14.4. The highest BCUT2D eigenvalue weighted by molar-refractivity contribution is 5.51. The molecule has 0 aromatic heterocycles. The van der Waals surface area contributed by atoms with Crippen molar-refractivity contribution in [2.45, 2.75) is 25.9 Å². The van der Waals surface area contributed by atoms with Crippen LogP contribution in [0.1, 0.15) is 25.5 Å². The first-order chi connectivity index (χ1) is 9.67. The van der Waals surface area contributed by atoms with Gasteiger partial charge in [0.1, 0.15) is 5.82 Å². The molecule has 0 bridgehead atoms. The number of nitrogens with one attached hydrogen (secondary N) is 1. The largest absolute Gasteiger partial charge is 0.394 e. The predicted octanol–water partition coefficient (Wildman–Crippen LogP) is 1.69. The Labute approximate surface area is 119 Å². The Hall–Kier alpha value is -1.17. The Balaban J connectivity index is 2.20. The number of morpholine rings is 1. The first-order valence-corrected chi connectivity index (χ1v) is 7.15. The van der Waals surface area contributed by atoms with Crippen LogP contribution in [-0.2, 0) is 4.74 Å². The second-order valence-electron chi connectivity index (χ2n) is 5.09. The molecule has 0 saturated carbocycles. The van der Waals surface area contributed by atoms with Crippen LogP contribution in [0, 0.1) is 5.82 Å². The van der Waals surface area contributed by atoms with Gasteiger partial charge in [-0.15, -0.1) is 0 Å². The average Bonchev–Trinajstić information content (AvgIpc) is 2.47. The Morgan fingerprint density at radius 3 is 3.00 bits per heavy atom. The van der Waals surface area contributed by atoms with Gasteiger partial charge in [0.05, 0.1) is 31.5 Å². The van der Waals surface area contributed by atoms with E-state index in [9.17, 15) is 9.50 Å². The summed E-state index contributed by atoms with van der Waals surface area (Å²) < 4.78 is 19.7. The van der Waals surface area contributed by atoms with Crippen LogP contribution in [0.3, 0.4) is 0 Å². The lowest BCUT2D eigenvalue weighted by Crippen LogP contribution is -2.48. The van der Waals surface area contributed by atoms with E-state index in [1.807, 2.05) is 24.8 Å². The predicted molar refractivity (Wildman–Crippen MR) is 77.5 cm³/mol. The number of hydrogen-bond donors (Lipinski definition) is 2. The van der Waals surface area contributed by atoms with Crippen LogP contribution in [0.5, 0.6) is 0 Å². The van der Waals surface area contributed by atoms with E-state index in [1.54, 1.807) is 12.1 Å². The minimum absolute atomic E-state index is 0.0328. The van der Waals surface area contributed by atoms with Crippen LogP contribution in [0.25, 0.3) is 0 Å². The molecule has 1 fully saturated rings. The molecule has 1 aromatic carbocycles. The zero-order chi connectivity index (χ0) is 14.5. The summed E-state index contributed by atoms with van der Waals surface area (Å²) in [5.74, 6) is -0.243. The molecule has 2 atom stereocenters. The smallest absolute Gasteiger partial charge is 0.146 e. The molecule has 0 radical (unpaired) electrons. The summed E-state index contributed by atoms with van der Waals surface area (Å²) in [5, 5.41) is 12.6. The third-order valence-corrected chi connectivity index (χ3v) is 3.73. The lowest BCUT2D eigenvalue weighted by atomic mass is 10.1. The van der Waals surface area contributed by atoms with Crippen LogP contribution in [-0.4, -0.2) is 44.1 Å². The summed E-state index contributed by atoms with van der Waals surface area (Å²) in [6.07, 6.45) is 0. The molecular formula is C15H23FN2O2. The van der Waals surface area contributed by atoms with Gasteiger partial charge in [0.2, 0.25) is 0 Å².